The Labute approximate surface area is 136 Å². The molecule has 0 saturated carbocycles. The van der Waals surface area contributed by atoms with Crippen molar-refractivity contribution in [3.63, 3.8) is 0 Å². The van der Waals surface area contributed by atoms with Gasteiger partial charge in [-0.1, -0.05) is 0 Å². The van der Waals surface area contributed by atoms with Crippen molar-refractivity contribution in [3.05, 3.63) is 30.1 Å². The molecule has 128 valence electrons. The highest BCUT2D eigenvalue weighted by atomic mass is 32.2. The molecule has 0 bridgehead atoms. The van der Waals surface area contributed by atoms with Crippen LogP contribution in [-0.4, -0.2) is 50.7 Å². The summed E-state index contributed by atoms with van der Waals surface area (Å²) in [6, 6.07) is 4.97. The number of nitrogens with zero attached hydrogens (tertiary/aromatic N) is 1. The fourth-order valence-corrected chi connectivity index (χ4v) is 4.82. The lowest BCUT2D eigenvalue weighted by molar-refractivity contribution is -0.0336. The normalized spacial score (nSPS) is 25.0. The summed E-state index contributed by atoms with van der Waals surface area (Å²) >= 11 is 0. The standard InChI is InChI=1S/C16H22FNO4S/c1-2-21-14-11-16(22-12-14)7-9-18(10-8-16)23(19,20)15-5-3-13(17)4-6-15/h3-6,14H,2,7-12H2,1H3. The van der Waals surface area contributed by atoms with Gasteiger partial charge in [-0.25, -0.2) is 12.8 Å². The highest BCUT2D eigenvalue weighted by Gasteiger charge is 2.45. The van der Waals surface area contributed by atoms with Crippen molar-refractivity contribution in [2.45, 2.75) is 42.8 Å². The van der Waals surface area contributed by atoms with Crippen molar-refractivity contribution < 1.29 is 22.3 Å². The fraction of sp³-hybridized carbons (Fsp3) is 0.625. The average Bonchev–Trinajstić information content (AvgIpc) is 2.91. The van der Waals surface area contributed by atoms with Gasteiger partial charge in [0.05, 0.1) is 23.2 Å². The van der Waals surface area contributed by atoms with Crippen LogP contribution < -0.4 is 0 Å². The molecule has 2 fully saturated rings. The molecule has 0 aromatic heterocycles. The second kappa shape index (κ2) is 6.47. The van der Waals surface area contributed by atoms with Crippen molar-refractivity contribution in [2.24, 2.45) is 0 Å². The predicted molar refractivity (Wildman–Crippen MR) is 83.1 cm³/mol. The van der Waals surface area contributed by atoms with Crippen LogP contribution in [0.3, 0.4) is 0 Å². The van der Waals surface area contributed by atoms with Crippen LogP contribution in [0.1, 0.15) is 26.2 Å². The van der Waals surface area contributed by atoms with Gasteiger partial charge in [0.25, 0.3) is 0 Å². The molecule has 1 aromatic carbocycles. The first-order valence-corrected chi connectivity index (χ1v) is 9.40. The topological polar surface area (TPSA) is 55.8 Å². The van der Waals surface area contributed by atoms with Crippen molar-refractivity contribution in [1.82, 2.24) is 4.31 Å². The van der Waals surface area contributed by atoms with Crippen LogP contribution in [-0.2, 0) is 19.5 Å². The zero-order chi connectivity index (χ0) is 16.5. The molecule has 1 spiro atoms. The van der Waals surface area contributed by atoms with E-state index in [1.54, 1.807) is 0 Å². The summed E-state index contributed by atoms with van der Waals surface area (Å²) in [5.41, 5.74) is -0.255. The maximum atomic E-state index is 13.0. The molecular weight excluding hydrogens is 321 g/mol. The molecule has 2 saturated heterocycles. The Balaban J connectivity index is 1.66. The van der Waals surface area contributed by atoms with Crippen molar-refractivity contribution in [2.75, 3.05) is 26.3 Å². The largest absolute Gasteiger partial charge is 0.376 e. The summed E-state index contributed by atoms with van der Waals surface area (Å²) in [4.78, 5) is 0.134. The second-order valence-electron chi connectivity index (χ2n) is 6.13. The maximum Gasteiger partial charge on any atom is 0.243 e. The molecule has 7 heteroatoms. The molecule has 0 N–H and O–H groups in total. The van der Waals surface area contributed by atoms with Crippen LogP contribution in [0.4, 0.5) is 4.39 Å². The van der Waals surface area contributed by atoms with Crippen LogP contribution in [0.25, 0.3) is 0 Å². The first kappa shape index (κ1) is 16.8. The lowest BCUT2D eigenvalue weighted by Gasteiger charge is -2.37. The Hall–Kier alpha value is -1.02. The van der Waals surface area contributed by atoms with E-state index in [-0.39, 0.29) is 16.6 Å². The van der Waals surface area contributed by atoms with E-state index in [9.17, 15) is 12.8 Å². The van der Waals surface area contributed by atoms with Crippen LogP contribution in [0.15, 0.2) is 29.2 Å². The summed E-state index contributed by atoms with van der Waals surface area (Å²) in [7, 11) is -3.57. The number of halogens is 1. The number of hydrogen-bond acceptors (Lipinski definition) is 4. The molecular formula is C16H22FNO4S. The lowest BCUT2D eigenvalue weighted by Crippen LogP contribution is -2.46. The zero-order valence-electron chi connectivity index (χ0n) is 13.2. The number of rotatable bonds is 4. The molecule has 5 nitrogen and oxygen atoms in total. The van der Waals surface area contributed by atoms with E-state index in [0.717, 1.165) is 6.42 Å². The second-order valence-corrected chi connectivity index (χ2v) is 8.07. The minimum Gasteiger partial charge on any atom is -0.376 e. The van der Waals surface area contributed by atoms with Crippen LogP contribution in [0.2, 0.25) is 0 Å². The summed E-state index contributed by atoms with van der Waals surface area (Å²) in [5.74, 6) is -0.442. The van der Waals surface area contributed by atoms with Crippen LogP contribution in [0.5, 0.6) is 0 Å². The quantitative estimate of drug-likeness (QED) is 0.841. The van der Waals surface area contributed by atoms with E-state index >= 15 is 0 Å². The van der Waals surface area contributed by atoms with Crippen molar-refractivity contribution in [3.8, 4) is 0 Å². The Bertz CT molecular complexity index is 639. The SMILES string of the molecule is CCOC1COC2(CCN(S(=O)(=O)c3ccc(F)cc3)CC2)C1. The third-order valence-corrected chi connectivity index (χ3v) is 6.58. The maximum absolute atomic E-state index is 13.0. The van der Waals surface area contributed by atoms with Gasteiger partial charge >= 0.3 is 0 Å². The van der Waals surface area contributed by atoms with E-state index in [1.165, 1.54) is 28.6 Å². The number of hydrogen-bond donors (Lipinski definition) is 0. The summed E-state index contributed by atoms with van der Waals surface area (Å²) in [6.07, 6.45) is 2.26. The van der Waals surface area contributed by atoms with Gasteiger partial charge in [0.1, 0.15) is 5.82 Å². The van der Waals surface area contributed by atoms with Gasteiger partial charge in [0.2, 0.25) is 10.0 Å². The molecule has 0 amide bonds. The molecule has 2 heterocycles. The van der Waals surface area contributed by atoms with E-state index in [1.807, 2.05) is 6.92 Å². The molecule has 3 rings (SSSR count). The molecule has 2 aliphatic rings. The average molecular weight is 343 g/mol. The molecule has 1 unspecified atom stereocenters. The number of ether oxygens (including phenoxy) is 2. The Morgan fingerprint density at radius 1 is 1.30 bits per heavy atom. The van der Waals surface area contributed by atoms with Gasteiger partial charge in [-0.3, -0.25) is 0 Å². The van der Waals surface area contributed by atoms with E-state index in [4.69, 9.17) is 9.47 Å². The first-order valence-electron chi connectivity index (χ1n) is 7.96. The van der Waals surface area contributed by atoms with E-state index in [2.05, 4.69) is 0 Å². The Kier molecular flexibility index (Phi) is 4.73. The van der Waals surface area contributed by atoms with Gasteiger partial charge in [-0.2, -0.15) is 4.31 Å². The molecule has 23 heavy (non-hydrogen) atoms. The van der Waals surface area contributed by atoms with E-state index < -0.39 is 15.8 Å². The Morgan fingerprint density at radius 2 is 1.96 bits per heavy atom. The Morgan fingerprint density at radius 3 is 2.57 bits per heavy atom. The van der Waals surface area contributed by atoms with Crippen LogP contribution >= 0.6 is 0 Å². The molecule has 0 aliphatic carbocycles. The molecule has 1 atom stereocenters. The van der Waals surface area contributed by atoms with Gasteiger partial charge in [0, 0.05) is 26.1 Å². The predicted octanol–water partition coefficient (Wildman–Crippen LogP) is 2.17. The lowest BCUT2D eigenvalue weighted by atomic mass is 9.89. The van der Waals surface area contributed by atoms with Crippen molar-refractivity contribution in [1.29, 1.82) is 0 Å². The fourth-order valence-electron chi connectivity index (χ4n) is 3.38. The van der Waals surface area contributed by atoms with Crippen LogP contribution in [0, 0.1) is 5.82 Å². The third kappa shape index (κ3) is 3.42. The zero-order valence-corrected chi connectivity index (χ0v) is 14.0. The minimum absolute atomic E-state index is 0.111. The number of benzene rings is 1. The number of sulfonamides is 1. The third-order valence-electron chi connectivity index (χ3n) is 4.66. The number of piperidine rings is 1. The van der Waals surface area contributed by atoms with Gasteiger partial charge in [-0.05, 0) is 44.0 Å². The van der Waals surface area contributed by atoms with E-state index in [0.29, 0.717) is 39.1 Å². The molecule has 0 radical (unpaired) electrons. The van der Waals surface area contributed by atoms with Gasteiger partial charge in [0.15, 0.2) is 0 Å². The highest BCUT2D eigenvalue weighted by Crippen LogP contribution is 2.38. The highest BCUT2D eigenvalue weighted by molar-refractivity contribution is 7.89. The van der Waals surface area contributed by atoms with Gasteiger partial charge < -0.3 is 9.47 Å². The van der Waals surface area contributed by atoms with Crippen molar-refractivity contribution >= 4 is 10.0 Å². The summed E-state index contributed by atoms with van der Waals surface area (Å²) in [5, 5.41) is 0. The smallest absolute Gasteiger partial charge is 0.243 e. The summed E-state index contributed by atoms with van der Waals surface area (Å²) in [6.45, 7) is 4.04. The first-order chi connectivity index (χ1) is 11.0. The molecule has 2 aliphatic heterocycles. The van der Waals surface area contributed by atoms with Gasteiger partial charge in [-0.15, -0.1) is 0 Å². The monoisotopic (exact) mass is 343 g/mol. The molecule has 1 aromatic rings. The summed E-state index contributed by atoms with van der Waals surface area (Å²) < 4.78 is 51.2. The minimum atomic E-state index is -3.57.